The predicted molar refractivity (Wildman–Crippen MR) is 106 cm³/mol. The van der Waals surface area contributed by atoms with Gasteiger partial charge in [0.25, 0.3) is 0 Å². The Kier molecular flexibility index (Phi) is 6.60. The van der Waals surface area contributed by atoms with Crippen molar-refractivity contribution in [2.45, 2.75) is 6.42 Å². The van der Waals surface area contributed by atoms with Gasteiger partial charge in [-0.15, -0.1) is 0 Å². The molecule has 1 fully saturated rings. The molecule has 0 saturated carbocycles. The third-order valence-electron chi connectivity index (χ3n) is 4.50. The Morgan fingerprint density at radius 1 is 1.11 bits per heavy atom. The number of pyridine rings is 1. The van der Waals surface area contributed by atoms with Crippen molar-refractivity contribution < 1.29 is 10.0 Å². The topological polar surface area (TPSA) is 68.7 Å². The largest absolute Gasteiger partial charge is 0.368 e. The lowest BCUT2D eigenvalue weighted by molar-refractivity contribution is -0.126. The van der Waals surface area contributed by atoms with Crippen LogP contribution in [0.3, 0.4) is 0 Å². The number of allylic oxidation sites excluding steroid dienone is 1. The molecule has 0 bridgehead atoms. The summed E-state index contributed by atoms with van der Waals surface area (Å²) >= 11 is 0. The molecule has 2 N–H and O–H groups in total. The van der Waals surface area contributed by atoms with Gasteiger partial charge in [0.2, 0.25) is 5.91 Å². The van der Waals surface area contributed by atoms with Gasteiger partial charge in [0.05, 0.1) is 0 Å². The van der Waals surface area contributed by atoms with Crippen LogP contribution in [0, 0.1) is 0 Å². The van der Waals surface area contributed by atoms with Crippen molar-refractivity contribution in [1.82, 2.24) is 15.4 Å². The van der Waals surface area contributed by atoms with Gasteiger partial charge < -0.3 is 9.80 Å². The maximum absolute atomic E-state index is 12.4. The van der Waals surface area contributed by atoms with Crippen LogP contribution in [0.4, 0.5) is 5.69 Å². The van der Waals surface area contributed by atoms with Gasteiger partial charge in [0.1, 0.15) is 0 Å². The molecular formula is C21H24N4O2. The highest BCUT2D eigenvalue weighted by Crippen LogP contribution is 2.15. The van der Waals surface area contributed by atoms with Crippen molar-refractivity contribution >= 4 is 17.7 Å². The zero-order chi connectivity index (χ0) is 18.9. The Morgan fingerprint density at radius 3 is 2.56 bits per heavy atom. The molecule has 140 valence electrons. The number of hydrogen-bond acceptors (Lipinski definition) is 5. The summed E-state index contributed by atoms with van der Waals surface area (Å²) in [5.41, 5.74) is 4.94. The molecule has 1 aliphatic heterocycles. The highest BCUT2D eigenvalue weighted by atomic mass is 16.5. The van der Waals surface area contributed by atoms with Crippen LogP contribution >= 0.6 is 0 Å². The van der Waals surface area contributed by atoms with E-state index in [1.165, 1.54) is 11.9 Å². The van der Waals surface area contributed by atoms with E-state index in [1.807, 2.05) is 40.7 Å². The van der Waals surface area contributed by atoms with Crippen LogP contribution in [0.1, 0.15) is 11.3 Å². The van der Waals surface area contributed by atoms with Gasteiger partial charge in [-0.05, 0) is 29.8 Å². The first-order valence-electron chi connectivity index (χ1n) is 9.03. The molecule has 3 rings (SSSR count). The molecule has 0 spiro atoms. The summed E-state index contributed by atoms with van der Waals surface area (Å²) in [6, 6.07) is 14.1. The Hall–Kier alpha value is -3.12. The molecule has 1 saturated heterocycles. The lowest BCUT2D eigenvalue weighted by atomic mass is 10.2. The van der Waals surface area contributed by atoms with Crippen molar-refractivity contribution in [1.29, 1.82) is 0 Å². The van der Waals surface area contributed by atoms with E-state index >= 15 is 0 Å². The molecule has 1 amide bonds. The number of piperazine rings is 1. The summed E-state index contributed by atoms with van der Waals surface area (Å²) in [5.74, 6) is 0.0312. The fourth-order valence-electron chi connectivity index (χ4n) is 2.98. The van der Waals surface area contributed by atoms with Crippen molar-refractivity contribution in [3.8, 4) is 0 Å². The smallest absolute Gasteiger partial charge is 0.246 e. The lowest BCUT2D eigenvalue weighted by Crippen LogP contribution is -2.48. The van der Waals surface area contributed by atoms with Gasteiger partial charge in [0.15, 0.2) is 0 Å². The number of rotatable bonds is 6. The fraction of sp³-hybridized carbons (Fsp3) is 0.238. The summed E-state index contributed by atoms with van der Waals surface area (Å²) in [6.45, 7) is 3.13. The third-order valence-corrected chi connectivity index (χ3v) is 4.50. The minimum atomic E-state index is 0.0312. The first-order valence-corrected chi connectivity index (χ1v) is 9.03. The van der Waals surface area contributed by atoms with Crippen LogP contribution in [-0.4, -0.2) is 47.2 Å². The molecule has 0 unspecified atom stereocenters. The first kappa shape index (κ1) is 18.7. The van der Waals surface area contributed by atoms with Gasteiger partial charge in [0, 0.05) is 62.5 Å². The summed E-state index contributed by atoms with van der Waals surface area (Å²) in [5, 5.41) is 8.49. The van der Waals surface area contributed by atoms with Crippen LogP contribution in [-0.2, 0) is 11.2 Å². The highest BCUT2D eigenvalue weighted by Gasteiger charge is 2.19. The Balaban J connectivity index is 1.49. The monoisotopic (exact) mass is 364 g/mol. The van der Waals surface area contributed by atoms with Crippen molar-refractivity contribution in [3.05, 3.63) is 78.3 Å². The number of amides is 1. The molecule has 1 aromatic heterocycles. The average Bonchev–Trinajstić information content (AvgIpc) is 2.74. The summed E-state index contributed by atoms with van der Waals surface area (Å²) in [4.78, 5) is 20.9. The number of nitrogens with one attached hydrogen (secondary N) is 1. The number of nitrogens with zero attached hydrogens (tertiary/aromatic N) is 3. The molecule has 1 aliphatic rings. The molecule has 0 radical (unpaired) electrons. The molecule has 1 aromatic carbocycles. The number of hydroxylamine groups is 1. The standard InChI is InChI=1S/C21H24N4O2/c26-21(11-9-18-8-10-19(22-17-18)5-4-12-23-27)25-15-13-24(14-16-25)20-6-2-1-3-7-20/h1-4,6-12,17,23,27H,5,13-16H2/b11-9+,12-4+. The molecule has 0 aliphatic carbocycles. The van der Waals surface area contributed by atoms with Gasteiger partial charge in [-0.2, -0.15) is 0 Å². The summed E-state index contributed by atoms with van der Waals surface area (Å²) in [7, 11) is 0. The second-order valence-electron chi connectivity index (χ2n) is 6.30. The van der Waals surface area contributed by atoms with Crippen LogP contribution in [0.25, 0.3) is 6.08 Å². The minimum Gasteiger partial charge on any atom is -0.368 e. The normalized spacial score (nSPS) is 14.9. The maximum atomic E-state index is 12.4. The van der Waals surface area contributed by atoms with Gasteiger partial charge in [-0.3, -0.25) is 20.5 Å². The zero-order valence-electron chi connectivity index (χ0n) is 15.2. The Bertz CT molecular complexity index is 780. The predicted octanol–water partition coefficient (Wildman–Crippen LogP) is 2.48. The average molecular weight is 364 g/mol. The Morgan fingerprint density at radius 2 is 1.89 bits per heavy atom. The molecule has 6 heteroatoms. The van der Waals surface area contributed by atoms with Crippen LogP contribution in [0.5, 0.6) is 0 Å². The van der Waals surface area contributed by atoms with Crippen LogP contribution in [0.15, 0.2) is 67.0 Å². The van der Waals surface area contributed by atoms with Gasteiger partial charge in [-0.25, -0.2) is 0 Å². The van der Waals surface area contributed by atoms with E-state index in [0.29, 0.717) is 6.42 Å². The quantitative estimate of drug-likeness (QED) is 0.609. The van der Waals surface area contributed by atoms with E-state index in [0.717, 1.165) is 37.4 Å². The van der Waals surface area contributed by atoms with E-state index in [9.17, 15) is 4.79 Å². The number of hydrogen-bond donors (Lipinski definition) is 2. The van der Waals surface area contributed by atoms with Crippen molar-refractivity contribution in [2.24, 2.45) is 0 Å². The van der Waals surface area contributed by atoms with E-state index in [-0.39, 0.29) is 5.91 Å². The Labute approximate surface area is 159 Å². The van der Waals surface area contributed by atoms with Crippen molar-refractivity contribution in [2.75, 3.05) is 31.1 Å². The number of carbonyl (C=O) groups is 1. The van der Waals surface area contributed by atoms with E-state index in [4.69, 9.17) is 5.21 Å². The SMILES string of the molecule is O=C(/C=C/c1ccc(C/C=C/NO)nc1)N1CCN(c2ccccc2)CC1. The second-order valence-corrected chi connectivity index (χ2v) is 6.30. The minimum absolute atomic E-state index is 0.0312. The zero-order valence-corrected chi connectivity index (χ0v) is 15.2. The first-order chi connectivity index (χ1) is 13.3. The highest BCUT2D eigenvalue weighted by molar-refractivity contribution is 5.91. The number of benzene rings is 1. The van der Waals surface area contributed by atoms with Gasteiger partial charge in [-0.1, -0.05) is 30.3 Å². The lowest BCUT2D eigenvalue weighted by Gasteiger charge is -2.35. The van der Waals surface area contributed by atoms with E-state index in [2.05, 4.69) is 22.0 Å². The van der Waals surface area contributed by atoms with Crippen LogP contribution < -0.4 is 10.4 Å². The maximum Gasteiger partial charge on any atom is 0.246 e. The summed E-state index contributed by atoms with van der Waals surface area (Å²) in [6.07, 6.45) is 9.01. The van der Waals surface area contributed by atoms with E-state index < -0.39 is 0 Å². The molecule has 27 heavy (non-hydrogen) atoms. The molecule has 2 heterocycles. The second kappa shape index (κ2) is 9.54. The number of aromatic nitrogens is 1. The van der Waals surface area contributed by atoms with Crippen molar-refractivity contribution in [3.63, 3.8) is 0 Å². The van der Waals surface area contributed by atoms with Crippen LogP contribution in [0.2, 0.25) is 0 Å². The molecule has 2 aromatic rings. The third kappa shape index (κ3) is 5.43. The number of anilines is 1. The number of carbonyl (C=O) groups excluding carboxylic acids is 1. The molecule has 6 nitrogen and oxygen atoms in total. The van der Waals surface area contributed by atoms with E-state index in [1.54, 1.807) is 24.4 Å². The number of para-hydroxylation sites is 1. The molecular weight excluding hydrogens is 340 g/mol. The fourth-order valence-corrected chi connectivity index (χ4v) is 2.98. The van der Waals surface area contributed by atoms with Gasteiger partial charge >= 0.3 is 0 Å². The molecule has 0 atom stereocenters. The summed E-state index contributed by atoms with van der Waals surface area (Å²) < 4.78 is 0.